The topological polar surface area (TPSA) is 67.2 Å². The predicted octanol–water partition coefficient (Wildman–Crippen LogP) is 2.26. The Hall–Kier alpha value is -2.14. The van der Waals surface area contributed by atoms with E-state index in [-0.39, 0.29) is 11.9 Å². The van der Waals surface area contributed by atoms with Crippen LogP contribution < -0.4 is 5.32 Å². The summed E-state index contributed by atoms with van der Waals surface area (Å²) in [4.78, 5) is 12.5. The molecule has 138 valence electrons. The van der Waals surface area contributed by atoms with Crippen molar-refractivity contribution in [2.75, 3.05) is 0 Å². The molecule has 0 bridgehead atoms. The van der Waals surface area contributed by atoms with Crippen LogP contribution in [0.25, 0.3) is 0 Å². The van der Waals surface area contributed by atoms with Crippen LogP contribution in [0.3, 0.4) is 0 Å². The number of carbonyl (C=O) groups excluding carboxylic acids is 1. The lowest BCUT2D eigenvalue weighted by Gasteiger charge is -2.18. The number of fused-ring (bicyclic) bond motifs is 1. The molecule has 4 rings (SSSR count). The van der Waals surface area contributed by atoms with Crippen molar-refractivity contribution >= 4 is 5.91 Å². The van der Waals surface area contributed by atoms with Gasteiger partial charge in [0.15, 0.2) is 0 Å². The molecule has 1 unspecified atom stereocenters. The van der Waals surface area contributed by atoms with E-state index >= 15 is 0 Å². The van der Waals surface area contributed by atoms with Crippen molar-refractivity contribution in [3.63, 3.8) is 0 Å². The fourth-order valence-electron chi connectivity index (χ4n) is 4.44. The molecular weight excluding hydrogens is 326 g/mol. The van der Waals surface area contributed by atoms with Gasteiger partial charge in [0.1, 0.15) is 0 Å². The van der Waals surface area contributed by atoms with Crippen LogP contribution in [0, 0.1) is 5.92 Å². The number of benzene rings is 1. The van der Waals surface area contributed by atoms with Crippen molar-refractivity contribution in [3.8, 4) is 0 Å². The van der Waals surface area contributed by atoms with Crippen LogP contribution >= 0.6 is 0 Å². The van der Waals surface area contributed by atoms with E-state index in [4.69, 9.17) is 0 Å². The fourth-order valence-corrected chi connectivity index (χ4v) is 4.44. The quantitative estimate of drug-likeness (QED) is 0.866. The van der Waals surface area contributed by atoms with Crippen molar-refractivity contribution in [3.05, 3.63) is 53.3 Å². The molecule has 1 aromatic heterocycles. The minimum Gasteiger partial charge on any atom is -0.391 e. The minimum atomic E-state index is -0.469. The Balaban J connectivity index is 1.31. The lowest BCUT2D eigenvalue weighted by Crippen LogP contribution is -2.40. The second-order valence-corrected chi connectivity index (χ2v) is 7.79. The number of aryl methyl sites for hydroxylation is 2. The van der Waals surface area contributed by atoms with E-state index in [1.807, 2.05) is 16.9 Å². The number of carbonyl (C=O) groups is 1. The van der Waals surface area contributed by atoms with Gasteiger partial charge in [0, 0.05) is 18.9 Å². The number of amides is 1. The van der Waals surface area contributed by atoms with Crippen LogP contribution in [-0.4, -0.2) is 32.9 Å². The number of rotatable bonds is 5. The van der Waals surface area contributed by atoms with Crippen LogP contribution in [-0.2, 0) is 30.6 Å². The van der Waals surface area contributed by atoms with Gasteiger partial charge in [-0.15, -0.1) is 0 Å². The first-order chi connectivity index (χ1) is 12.7. The average Bonchev–Trinajstić information content (AvgIpc) is 3.25. The Morgan fingerprint density at radius 1 is 1.23 bits per heavy atom. The summed E-state index contributed by atoms with van der Waals surface area (Å²) >= 11 is 0. The summed E-state index contributed by atoms with van der Waals surface area (Å²) in [6.45, 7) is 0.793. The highest BCUT2D eigenvalue weighted by Gasteiger charge is 2.34. The molecule has 5 heteroatoms. The second-order valence-electron chi connectivity index (χ2n) is 7.79. The number of nitrogens with one attached hydrogen (secondary N) is 1. The largest absolute Gasteiger partial charge is 0.391 e. The van der Waals surface area contributed by atoms with Crippen molar-refractivity contribution < 1.29 is 9.90 Å². The standard InChI is InChI=1S/C21H27N3O2/c25-20-12-16(14-24-9-3-8-22-24)11-19(20)23-21(26)13-15-6-7-17-4-1-2-5-18(17)10-15/h3,6-10,16,19-20,25H,1-2,4-5,11-14H2,(H,23,26)/t16?,19-,20-/m1/s1. The summed E-state index contributed by atoms with van der Waals surface area (Å²) in [5, 5.41) is 17.6. The van der Waals surface area contributed by atoms with Crippen molar-refractivity contribution in [1.29, 1.82) is 0 Å². The molecule has 0 aliphatic heterocycles. The lowest BCUT2D eigenvalue weighted by atomic mass is 9.90. The molecule has 2 aliphatic rings. The Kier molecular flexibility index (Phi) is 5.07. The Morgan fingerprint density at radius 2 is 2.08 bits per heavy atom. The van der Waals surface area contributed by atoms with Crippen LogP contribution in [0.4, 0.5) is 0 Å². The van der Waals surface area contributed by atoms with Crippen LogP contribution in [0.2, 0.25) is 0 Å². The number of aliphatic hydroxyl groups excluding tert-OH is 1. The van der Waals surface area contributed by atoms with E-state index in [1.165, 1.54) is 24.0 Å². The molecule has 1 saturated carbocycles. The first kappa shape index (κ1) is 17.3. The highest BCUT2D eigenvalue weighted by atomic mass is 16.3. The maximum absolute atomic E-state index is 12.5. The first-order valence-corrected chi connectivity index (χ1v) is 9.73. The van der Waals surface area contributed by atoms with Crippen LogP contribution in [0.5, 0.6) is 0 Å². The summed E-state index contributed by atoms with van der Waals surface area (Å²) in [6.07, 6.45) is 9.94. The van der Waals surface area contributed by atoms with Crippen molar-refractivity contribution in [2.45, 2.75) is 63.6 Å². The first-order valence-electron chi connectivity index (χ1n) is 9.73. The van der Waals surface area contributed by atoms with Crippen LogP contribution in [0.1, 0.15) is 42.4 Å². The van der Waals surface area contributed by atoms with Gasteiger partial charge in [-0.2, -0.15) is 5.10 Å². The van der Waals surface area contributed by atoms with Crippen molar-refractivity contribution in [2.24, 2.45) is 5.92 Å². The fraction of sp³-hybridized carbons (Fsp3) is 0.524. The highest BCUT2D eigenvalue weighted by molar-refractivity contribution is 5.79. The molecule has 3 atom stereocenters. The number of hydrogen-bond acceptors (Lipinski definition) is 3. The number of aliphatic hydroxyl groups is 1. The summed E-state index contributed by atoms with van der Waals surface area (Å²) < 4.78 is 1.90. The van der Waals surface area contributed by atoms with Crippen LogP contribution in [0.15, 0.2) is 36.7 Å². The van der Waals surface area contributed by atoms with Gasteiger partial charge >= 0.3 is 0 Å². The summed E-state index contributed by atoms with van der Waals surface area (Å²) in [5.74, 6) is 0.350. The zero-order chi connectivity index (χ0) is 17.9. The summed E-state index contributed by atoms with van der Waals surface area (Å²) in [7, 11) is 0. The Morgan fingerprint density at radius 3 is 2.88 bits per heavy atom. The van der Waals surface area contributed by atoms with Gasteiger partial charge in [0.05, 0.1) is 18.6 Å². The average molecular weight is 353 g/mol. The third kappa shape index (κ3) is 3.98. The molecule has 1 fully saturated rings. The molecule has 2 aliphatic carbocycles. The number of aromatic nitrogens is 2. The van der Waals surface area contributed by atoms with E-state index in [0.29, 0.717) is 18.8 Å². The molecule has 0 saturated heterocycles. The van der Waals surface area contributed by atoms with Gasteiger partial charge in [-0.1, -0.05) is 18.2 Å². The van der Waals surface area contributed by atoms with Crippen molar-refractivity contribution in [1.82, 2.24) is 15.1 Å². The van der Waals surface area contributed by atoms with E-state index in [1.54, 1.807) is 6.20 Å². The van der Waals surface area contributed by atoms with Gasteiger partial charge in [-0.05, 0) is 67.2 Å². The third-order valence-corrected chi connectivity index (χ3v) is 5.75. The molecule has 1 aromatic carbocycles. The molecular formula is C21H27N3O2. The zero-order valence-corrected chi connectivity index (χ0v) is 15.1. The monoisotopic (exact) mass is 353 g/mol. The molecule has 1 amide bonds. The Labute approximate surface area is 154 Å². The SMILES string of the molecule is O=C(Cc1ccc2c(c1)CCCC2)N[C@@H]1CC(Cn2cccn2)C[C@H]1O. The number of nitrogens with zero attached hydrogens (tertiary/aromatic N) is 2. The molecule has 26 heavy (non-hydrogen) atoms. The number of hydrogen-bond donors (Lipinski definition) is 2. The molecule has 2 aromatic rings. The van der Waals surface area contributed by atoms with E-state index in [9.17, 15) is 9.90 Å². The predicted molar refractivity (Wildman–Crippen MR) is 99.7 cm³/mol. The minimum absolute atomic E-state index is 0.00421. The molecule has 0 radical (unpaired) electrons. The van der Waals surface area contributed by atoms with E-state index in [2.05, 4.69) is 28.6 Å². The second kappa shape index (κ2) is 7.62. The molecule has 0 spiro atoms. The highest BCUT2D eigenvalue weighted by Crippen LogP contribution is 2.28. The molecule has 5 nitrogen and oxygen atoms in total. The van der Waals surface area contributed by atoms with E-state index in [0.717, 1.165) is 31.4 Å². The molecule has 1 heterocycles. The third-order valence-electron chi connectivity index (χ3n) is 5.75. The van der Waals surface area contributed by atoms with Gasteiger partial charge in [0.2, 0.25) is 5.91 Å². The maximum Gasteiger partial charge on any atom is 0.224 e. The van der Waals surface area contributed by atoms with Gasteiger partial charge in [-0.25, -0.2) is 0 Å². The summed E-state index contributed by atoms with van der Waals surface area (Å²) in [5.41, 5.74) is 3.92. The maximum atomic E-state index is 12.5. The molecule has 2 N–H and O–H groups in total. The van der Waals surface area contributed by atoms with Gasteiger partial charge in [-0.3, -0.25) is 9.48 Å². The normalized spacial score (nSPS) is 25.0. The zero-order valence-electron chi connectivity index (χ0n) is 15.1. The smallest absolute Gasteiger partial charge is 0.224 e. The lowest BCUT2D eigenvalue weighted by molar-refractivity contribution is -0.121. The Bertz CT molecular complexity index is 757. The van der Waals surface area contributed by atoms with Gasteiger partial charge in [0.25, 0.3) is 0 Å². The van der Waals surface area contributed by atoms with Gasteiger partial charge < -0.3 is 10.4 Å². The summed E-state index contributed by atoms with van der Waals surface area (Å²) in [6, 6.07) is 8.21. The van der Waals surface area contributed by atoms with E-state index < -0.39 is 6.10 Å².